The highest BCUT2D eigenvalue weighted by Gasteiger charge is 2.42. The van der Waals surface area contributed by atoms with Crippen molar-refractivity contribution in [2.75, 3.05) is 10.2 Å². The Morgan fingerprint density at radius 1 is 0.750 bits per heavy atom. The summed E-state index contributed by atoms with van der Waals surface area (Å²) in [4.78, 5) is 24.7. The van der Waals surface area contributed by atoms with Crippen molar-refractivity contribution >= 4 is 43.0 Å². The van der Waals surface area contributed by atoms with E-state index in [-0.39, 0.29) is 57.2 Å². The van der Waals surface area contributed by atoms with Gasteiger partial charge in [-0.05, 0) is 111 Å². The van der Waals surface area contributed by atoms with Gasteiger partial charge >= 0.3 is 0 Å². The van der Waals surface area contributed by atoms with Crippen LogP contribution in [0.2, 0.25) is 0 Å². The van der Waals surface area contributed by atoms with E-state index in [1.165, 1.54) is 42.5 Å². The molecule has 3 aliphatic rings. The first-order valence-corrected chi connectivity index (χ1v) is 19.4. The first-order valence-electron chi connectivity index (χ1n) is 16.5. The smallest absolute Gasteiger partial charge is 0.293 e. The average molecular weight is 754 g/mol. The maximum atomic E-state index is 13.1. The fraction of sp³-hybridized carbons (Fsp3) is 0.306. The van der Waals surface area contributed by atoms with Crippen LogP contribution in [0.5, 0.6) is 0 Å². The van der Waals surface area contributed by atoms with E-state index >= 15 is 0 Å². The number of rotatable bonds is 12. The summed E-state index contributed by atoms with van der Waals surface area (Å²) in [6.45, 7) is 4.24. The number of carbonyl (C=O) groups excluding carboxylic acids is 1. The molecule has 0 aromatic heterocycles. The topological polar surface area (TPSA) is 168 Å². The fourth-order valence-corrected chi connectivity index (χ4v) is 8.60. The second-order valence-electron chi connectivity index (χ2n) is 13.8. The molecule has 0 bridgehead atoms. The highest BCUT2D eigenvalue weighted by Crippen LogP contribution is 2.38. The second kappa shape index (κ2) is 14.0. The van der Waals surface area contributed by atoms with Crippen molar-refractivity contribution in [3.8, 4) is 0 Å². The summed E-state index contributed by atoms with van der Waals surface area (Å²) in [6, 6.07) is 20.2. The van der Waals surface area contributed by atoms with Gasteiger partial charge in [-0.25, -0.2) is 35.1 Å². The number of hydrogen-bond donors (Lipinski definition) is 3. The van der Waals surface area contributed by atoms with Crippen LogP contribution in [-0.4, -0.2) is 38.7 Å². The van der Waals surface area contributed by atoms with Gasteiger partial charge in [-0.1, -0.05) is 24.3 Å². The molecule has 4 aromatic carbocycles. The van der Waals surface area contributed by atoms with Crippen molar-refractivity contribution in [3.63, 3.8) is 0 Å². The lowest BCUT2D eigenvalue weighted by Gasteiger charge is -2.18. The summed E-state index contributed by atoms with van der Waals surface area (Å²) < 4.78 is 81.1. The van der Waals surface area contributed by atoms with Crippen molar-refractivity contribution in [1.82, 2.24) is 9.44 Å². The van der Waals surface area contributed by atoms with Crippen molar-refractivity contribution in [3.05, 3.63) is 123 Å². The molecule has 16 heteroatoms. The molecule has 4 aromatic rings. The van der Waals surface area contributed by atoms with Gasteiger partial charge in [0.25, 0.3) is 5.69 Å². The van der Waals surface area contributed by atoms with E-state index in [2.05, 4.69) is 14.8 Å². The molecule has 7 rings (SSSR count). The lowest BCUT2D eigenvalue weighted by atomic mass is 10.1. The molecule has 1 amide bonds. The standard InChI is InChI=1S/C19H19FN2O3S.C17H18FN3O4S/c1-19(8-9-19)21-26(24,25)16-6-7-17-14(10-16)11-18(23)22(17)12-13-2-4-15(20)5-3-13;1-17(8-9-17)20-26(24,25)14-6-7-15(16(10-14)21(22)23)19-11-12-2-4-13(18)5-3-12/h2-7,10,21H,8-9,11-12H2,1H3;2-7,10,19-20H,8-9,11H2,1H3. The van der Waals surface area contributed by atoms with Gasteiger partial charge in [-0.15, -0.1) is 0 Å². The quantitative estimate of drug-likeness (QED) is 0.118. The first-order chi connectivity index (χ1) is 24.4. The van der Waals surface area contributed by atoms with Gasteiger partial charge in [0.05, 0.1) is 27.7 Å². The Kier molecular flexibility index (Phi) is 9.95. The second-order valence-corrected chi connectivity index (χ2v) is 17.2. The number of fused-ring (bicyclic) bond motifs is 1. The molecule has 0 spiro atoms. The molecule has 1 aliphatic heterocycles. The number of nitro groups is 1. The Bertz CT molecular complexity index is 2240. The lowest BCUT2D eigenvalue weighted by molar-refractivity contribution is -0.384. The van der Waals surface area contributed by atoms with Crippen LogP contribution < -0.4 is 19.7 Å². The zero-order valence-corrected chi connectivity index (χ0v) is 30.0. The van der Waals surface area contributed by atoms with Crippen LogP contribution in [0.3, 0.4) is 0 Å². The molecule has 0 saturated heterocycles. The summed E-state index contributed by atoms with van der Waals surface area (Å²) in [5.41, 5.74) is 1.99. The predicted molar refractivity (Wildman–Crippen MR) is 190 cm³/mol. The summed E-state index contributed by atoms with van der Waals surface area (Å²) in [5, 5.41) is 14.2. The van der Waals surface area contributed by atoms with Crippen LogP contribution in [0.1, 0.15) is 56.2 Å². The lowest BCUT2D eigenvalue weighted by Crippen LogP contribution is -2.34. The summed E-state index contributed by atoms with van der Waals surface area (Å²) in [7, 11) is -7.42. The Morgan fingerprint density at radius 2 is 1.25 bits per heavy atom. The maximum Gasteiger partial charge on any atom is 0.293 e. The molecule has 2 fully saturated rings. The molecule has 0 unspecified atom stereocenters. The molecule has 12 nitrogen and oxygen atoms in total. The number of halogens is 2. The van der Waals surface area contributed by atoms with Crippen molar-refractivity contribution < 1.29 is 35.3 Å². The van der Waals surface area contributed by atoms with E-state index < -0.39 is 30.5 Å². The average Bonchev–Trinajstić information content (AvgIpc) is 3.98. The SMILES string of the molecule is CC1(NS(=O)(=O)c2ccc(NCc3ccc(F)cc3)c([N+](=O)[O-])c2)CC1.CC1(NS(=O)(=O)c2ccc3c(c2)CC(=O)N3Cc2ccc(F)cc2)CC1. The maximum absolute atomic E-state index is 13.1. The zero-order chi connectivity index (χ0) is 37.5. The number of nitro benzene ring substituents is 1. The fourth-order valence-electron chi connectivity index (χ4n) is 5.60. The summed E-state index contributed by atoms with van der Waals surface area (Å²) >= 11 is 0. The number of benzene rings is 4. The first kappa shape index (κ1) is 37.0. The number of carbonyl (C=O) groups is 1. The number of anilines is 2. The van der Waals surface area contributed by atoms with Crippen LogP contribution in [0.25, 0.3) is 0 Å². The molecule has 0 radical (unpaired) electrons. The van der Waals surface area contributed by atoms with Crippen LogP contribution in [0.15, 0.2) is 94.7 Å². The Labute approximate surface area is 300 Å². The van der Waals surface area contributed by atoms with E-state index in [4.69, 9.17) is 0 Å². The predicted octanol–water partition coefficient (Wildman–Crippen LogP) is 5.92. The Morgan fingerprint density at radius 3 is 1.77 bits per heavy atom. The normalized spacial score (nSPS) is 16.8. The van der Waals surface area contributed by atoms with Crippen LogP contribution in [0, 0.1) is 21.7 Å². The molecule has 3 N–H and O–H groups in total. The van der Waals surface area contributed by atoms with Gasteiger partial charge in [0.2, 0.25) is 26.0 Å². The van der Waals surface area contributed by atoms with E-state index in [9.17, 15) is 40.5 Å². The number of hydrogen-bond acceptors (Lipinski definition) is 8. The minimum atomic E-state index is -3.82. The van der Waals surface area contributed by atoms with E-state index in [1.807, 2.05) is 6.92 Å². The third-order valence-electron chi connectivity index (χ3n) is 9.18. The molecule has 0 atom stereocenters. The van der Waals surface area contributed by atoms with E-state index in [0.717, 1.165) is 42.9 Å². The van der Waals surface area contributed by atoms with Gasteiger partial charge in [-0.2, -0.15) is 0 Å². The van der Waals surface area contributed by atoms with Crippen molar-refractivity contribution in [1.29, 1.82) is 0 Å². The van der Waals surface area contributed by atoms with Crippen molar-refractivity contribution in [2.45, 2.75) is 79.9 Å². The minimum absolute atomic E-state index is 0.0963. The van der Waals surface area contributed by atoms with Crippen molar-refractivity contribution in [2.24, 2.45) is 0 Å². The molecule has 274 valence electrons. The molecule has 2 aliphatic carbocycles. The van der Waals surface area contributed by atoms with Crippen LogP contribution in [0.4, 0.5) is 25.8 Å². The van der Waals surface area contributed by atoms with E-state index in [1.54, 1.807) is 48.2 Å². The Balaban J connectivity index is 0.000000179. The third kappa shape index (κ3) is 8.81. The number of amides is 1. The Hall–Kier alpha value is -4.77. The number of nitrogens with one attached hydrogen (secondary N) is 3. The van der Waals surface area contributed by atoms with Gasteiger partial charge in [-0.3, -0.25) is 14.9 Å². The summed E-state index contributed by atoms with van der Waals surface area (Å²) in [6.07, 6.45) is 3.32. The third-order valence-corrected chi connectivity index (χ3v) is 12.5. The highest BCUT2D eigenvalue weighted by molar-refractivity contribution is 7.89. The molecule has 2 saturated carbocycles. The van der Waals surface area contributed by atoms with Gasteiger partial charge in [0, 0.05) is 29.4 Å². The molecule has 1 heterocycles. The van der Waals surface area contributed by atoms with Gasteiger partial charge in [0.15, 0.2) is 0 Å². The summed E-state index contributed by atoms with van der Waals surface area (Å²) in [5.74, 6) is -0.791. The number of nitrogens with zero attached hydrogens (tertiary/aromatic N) is 2. The molecule has 52 heavy (non-hydrogen) atoms. The van der Waals surface area contributed by atoms with Crippen LogP contribution in [-0.2, 0) is 44.4 Å². The monoisotopic (exact) mass is 753 g/mol. The highest BCUT2D eigenvalue weighted by atomic mass is 32.2. The largest absolute Gasteiger partial charge is 0.375 e. The van der Waals surface area contributed by atoms with Gasteiger partial charge in [0.1, 0.15) is 17.3 Å². The molecular weight excluding hydrogens is 717 g/mol. The van der Waals surface area contributed by atoms with Gasteiger partial charge < -0.3 is 10.2 Å². The van der Waals surface area contributed by atoms with E-state index in [0.29, 0.717) is 17.8 Å². The zero-order valence-electron chi connectivity index (χ0n) is 28.4. The van der Waals surface area contributed by atoms with Crippen LogP contribution >= 0.6 is 0 Å². The number of sulfonamides is 2. The minimum Gasteiger partial charge on any atom is -0.375 e. The molecular formula is C36H37F2N5O7S2.